The summed E-state index contributed by atoms with van der Waals surface area (Å²) in [5.74, 6) is -6.39. The average Bonchev–Trinajstić information content (AvgIpc) is 2.20. The van der Waals surface area contributed by atoms with Crippen molar-refractivity contribution in [1.29, 1.82) is 0 Å². The molecule has 2 aliphatic carbocycles. The third-order valence-corrected chi connectivity index (χ3v) is 17.4. The first-order valence-corrected chi connectivity index (χ1v) is 29.5. The first-order chi connectivity index (χ1) is 36.8. The van der Waals surface area contributed by atoms with Crippen LogP contribution in [0.4, 0.5) is 54.5 Å². The Morgan fingerprint density at radius 1 is 0.889 bits per heavy atom. The van der Waals surface area contributed by atoms with E-state index in [0.717, 1.165) is 42.7 Å². The molecule has 3 heterocycles. The van der Waals surface area contributed by atoms with Crippen molar-refractivity contribution in [1.82, 2.24) is 29.9 Å². The molecule has 0 spiro atoms. The Morgan fingerprint density at radius 3 is 2.02 bits per heavy atom. The van der Waals surface area contributed by atoms with Gasteiger partial charge in [-0.1, -0.05) is 23.6 Å². The number of carbonyl (C=O) groups is 2. The molecule has 7 rings (SSSR count). The zero-order chi connectivity index (χ0) is 60.8. The van der Waals surface area contributed by atoms with E-state index in [9.17, 15) is 66.1 Å². The highest BCUT2D eigenvalue weighted by molar-refractivity contribution is 7.93. The van der Waals surface area contributed by atoms with Gasteiger partial charge in [0.25, 0.3) is 5.92 Å². The molecule has 3 atom stereocenters. The van der Waals surface area contributed by atoms with Gasteiger partial charge in [0.2, 0.25) is 22.7 Å². The summed E-state index contributed by atoms with van der Waals surface area (Å²) in [6.07, 6.45) is -12.1. The van der Waals surface area contributed by atoms with E-state index in [0.29, 0.717) is 12.3 Å². The second-order valence-corrected chi connectivity index (χ2v) is 27.9. The molecule has 5 aromatic rings. The van der Waals surface area contributed by atoms with Crippen molar-refractivity contribution in [2.24, 2.45) is 5.92 Å². The number of halogens is 11. The number of sulfone groups is 1. The number of alkyl halides is 8. The van der Waals surface area contributed by atoms with Crippen molar-refractivity contribution < 1.29 is 93.2 Å². The van der Waals surface area contributed by atoms with Crippen LogP contribution in [0.25, 0.3) is 22.0 Å². The minimum absolute atomic E-state index is 0.171. The summed E-state index contributed by atoms with van der Waals surface area (Å²) in [5, 5.41) is 8.39. The standard InChI is InChI=1S/C49H51ClF10N7O11PS2/c1-44(2,3)77-79(70,78-45(4,5)6)76-24-75-43(69)67(81(10,73)74)42-37-33(50)14-13-30(39(37)66(64-42)23-47(53,54)55)29-12-11-28(15-16-46(7,8)80(9,71)72)61-38(29)34(19-25-17-26(51)20-27(52)18-25)62-35(68)22-65-41-36(40(63-65)49(58,59)60)31-21-32(31)48(41,56)57/h11-14,17-18,20,31-32,34H,19,21-24H2,1-10H3,(H,62,68)/t31-,32?,34-/m0/s1. The molecule has 81 heavy (non-hydrogen) atoms. The number of nitrogens with zero attached hydrogens (tertiary/aromatic N) is 6. The van der Waals surface area contributed by atoms with Crippen LogP contribution < -0.4 is 9.62 Å². The zero-order valence-corrected chi connectivity index (χ0v) is 47.7. The molecule has 0 bridgehead atoms. The molecule has 0 saturated heterocycles. The number of hydrogen-bond acceptors (Lipinski definition) is 14. The largest absolute Gasteiger partial charge is 0.478 e. The maximum atomic E-state index is 15.7. The van der Waals surface area contributed by atoms with Gasteiger partial charge in [0.15, 0.2) is 21.3 Å². The predicted molar refractivity (Wildman–Crippen MR) is 272 cm³/mol. The lowest BCUT2D eigenvalue weighted by molar-refractivity contribution is -0.143. The fourth-order valence-electron chi connectivity index (χ4n) is 8.72. The number of pyridine rings is 1. The lowest BCUT2D eigenvalue weighted by atomic mass is 9.93. The van der Waals surface area contributed by atoms with Gasteiger partial charge in [-0.15, -0.1) is 0 Å². The number of amides is 2. The first kappa shape index (κ1) is 62.8. The molecule has 0 aliphatic heterocycles. The summed E-state index contributed by atoms with van der Waals surface area (Å²) in [6, 6.07) is 4.46. The summed E-state index contributed by atoms with van der Waals surface area (Å²) < 4.78 is 234. The number of rotatable bonds is 16. The average molecular weight is 1230 g/mol. The number of aromatic nitrogens is 5. The van der Waals surface area contributed by atoms with Crippen molar-refractivity contribution in [2.75, 3.05) is 23.6 Å². The Bertz CT molecular complexity index is 3660. The third kappa shape index (κ3) is 14.2. The van der Waals surface area contributed by atoms with Crippen molar-refractivity contribution in [3.63, 3.8) is 0 Å². The van der Waals surface area contributed by atoms with Crippen LogP contribution in [-0.2, 0) is 79.1 Å². The van der Waals surface area contributed by atoms with E-state index in [4.69, 9.17) is 29.9 Å². The molecule has 1 unspecified atom stereocenters. The van der Waals surface area contributed by atoms with Crippen LogP contribution >= 0.6 is 19.4 Å². The fourth-order valence-corrected chi connectivity index (χ4v) is 11.6. The maximum absolute atomic E-state index is 15.7. The van der Waals surface area contributed by atoms with Crippen LogP contribution in [0.3, 0.4) is 0 Å². The number of sulfonamides is 1. The van der Waals surface area contributed by atoms with E-state index in [-0.39, 0.29) is 36.9 Å². The Labute approximate surface area is 462 Å². The van der Waals surface area contributed by atoms with Gasteiger partial charge in [-0.05, 0) is 116 Å². The van der Waals surface area contributed by atoms with Gasteiger partial charge in [-0.2, -0.15) is 49.6 Å². The van der Waals surface area contributed by atoms with Crippen molar-refractivity contribution in [2.45, 2.75) is 128 Å². The minimum atomic E-state index is -5.25. The number of benzene rings is 2. The molecule has 1 saturated carbocycles. The summed E-state index contributed by atoms with van der Waals surface area (Å²) in [4.78, 5) is 32.7. The van der Waals surface area contributed by atoms with Crippen LogP contribution in [0.1, 0.15) is 108 Å². The normalized spacial score (nSPS) is 17.0. The number of fused-ring (bicyclic) bond motifs is 4. The molecule has 442 valence electrons. The van der Waals surface area contributed by atoms with E-state index in [1.807, 2.05) is 0 Å². The predicted octanol–water partition coefficient (Wildman–Crippen LogP) is 10.9. The molecular formula is C49H51ClF10N7O11PS2. The quantitative estimate of drug-likeness (QED) is 0.0420. The van der Waals surface area contributed by atoms with Gasteiger partial charge in [0.05, 0.1) is 45.1 Å². The molecule has 2 aromatic carbocycles. The van der Waals surface area contributed by atoms with Crippen molar-refractivity contribution in [3.8, 4) is 23.0 Å². The Morgan fingerprint density at radius 2 is 1.48 bits per heavy atom. The highest BCUT2D eigenvalue weighted by Crippen LogP contribution is 2.68. The molecule has 32 heteroatoms. The van der Waals surface area contributed by atoms with Gasteiger partial charge in [0, 0.05) is 34.9 Å². The fraction of sp³-hybridized carbons (Fsp3) is 0.490. The van der Waals surface area contributed by atoms with E-state index in [2.05, 4.69) is 32.3 Å². The number of hydrogen-bond donors (Lipinski definition) is 1. The molecular weight excluding hydrogens is 1180 g/mol. The number of phosphoric acid groups is 1. The van der Waals surface area contributed by atoms with E-state index in [1.165, 1.54) is 55.4 Å². The van der Waals surface area contributed by atoms with E-state index >= 15 is 8.78 Å². The molecule has 2 amide bonds. The van der Waals surface area contributed by atoms with E-state index in [1.54, 1.807) is 0 Å². The van der Waals surface area contributed by atoms with Gasteiger partial charge >= 0.3 is 26.3 Å². The molecule has 3 aromatic heterocycles. The summed E-state index contributed by atoms with van der Waals surface area (Å²) in [7, 11) is -13.7. The molecule has 1 fully saturated rings. The van der Waals surface area contributed by atoms with Crippen LogP contribution in [0, 0.1) is 29.4 Å². The minimum Gasteiger partial charge on any atom is -0.421 e. The van der Waals surface area contributed by atoms with Crippen LogP contribution in [-0.4, -0.2) is 94.8 Å². The van der Waals surface area contributed by atoms with Gasteiger partial charge in [-0.25, -0.2) is 44.5 Å². The number of anilines is 1. The Hall–Kier alpha value is -5.83. The van der Waals surface area contributed by atoms with Gasteiger partial charge in [0.1, 0.15) is 40.9 Å². The molecule has 18 nitrogen and oxygen atoms in total. The SMILES string of the molecule is CC(C)(C)OP(=O)(OCOC(=O)N(c1nn(CC(F)(F)F)c2c(-c3ccc(C#CC(C)(C)S(C)(=O)=O)nc3[C@H](Cc3cc(F)cc(F)c3)NC(=O)Cn3nc(C(F)(F)F)c4c3C(F)(F)C3C[C@H]43)ccc(Cl)c12)S(C)(=O)=O)OC(C)(C)C. The molecule has 2 aliphatic rings. The highest BCUT2D eigenvalue weighted by atomic mass is 35.5. The number of phosphoric ester groups is 1. The monoisotopic (exact) mass is 1230 g/mol. The lowest BCUT2D eigenvalue weighted by Gasteiger charge is -2.30. The van der Waals surface area contributed by atoms with Crippen molar-refractivity contribution in [3.05, 3.63) is 93.0 Å². The summed E-state index contributed by atoms with van der Waals surface area (Å²) >= 11 is 6.68. The summed E-state index contributed by atoms with van der Waals surface area (Å²) in [6.45, 7) is 6.49. The lowest BCUT2D eigenvalue weighted by Crippen LogP contribution is -2.37. The highest BCUT2D eigenvalue weighted by Gasteiger charge is 2.68. The van der Waals surface area contributed by atoms with Crippen LogP contribution in [0.15, 0.2) is 42.5 Å². The topological polar surface area (TPSA) is 220 Å². The number of ether oxygens (including phenoxy) is 1. The van der Waals surface area contributed by atoms with Crippen molar-refractivity contribution >= 4 is 68.0 Å². The second kappa shape index (κ2) is 21.4. The van der Waals surface area contributed by atoms with Crippen LogP contribution in [0.5, 0.6) is 0 Å². The second-order valence-electron chi connectivity index (χ2n) is 21.6. The first-order valence-electron chi connectivity index (χ1n) is 23.9. The van der Waals surface area contributed by atoms with E-state index < -0.39 is 180 Å². The van der Waals surface area contributed by atoms with Gasteiger partial charge < -0.3 is 10.1 Å². The zero-order valence-electron chi connectivity index (χ0n) is 44.4. The Balaban J connectivity index is 1.44. The molecule has 1 N–H and O–H groups in total. The molecule has 0 radical (unpaired) electrons. The maximum Gasteiger partial charge on any atom is 0.478 e. The number of nitrogens with one attached hydrogen (secondary N) is 1. The third-order valence-electron chi connectivity index (χ3n) is 12.2. The number of carbonyl (C=O) groups excluding carboxylic acids is 2. The van der Waals surface area contributed by atoms with Crippen LogP contribution in [0.2, 0.25) is 5.02 Å². The summed E-state index contributed by atoms with van der Waals surface area (Å²) in [5.41, 5.74) is -8.76. The van der Waals surface area contributed by atoms with Gasteiger partial charge in [-0.3, -0.25) is 23.2 Å². The smallest absolute Gasteiger partial charge is 0.421 e. The Kier molecular flexibility index (Phi) is 16.6.